The van der Waals surface area contributed by atoms with Gasteiger partial charge in [-0.25, -0.2) is 0 Å². The molecule has 5 nitrogen and oxygen atoms in total. The number of hydrogen-bond donors (Lipinski definition) is 1. The van der Waals surface area contributed by atoms with Gasteiger partial charge in [0.2, 0.25) is 17.7 Å². The highest BCUT2D eigenvalue weighted by atomic mass is 16.2. The zero-order valence-corrected chi connectivity index (χ0v) is 13.1. The first kappa shape index (κ1) is 16.0. The van der Waals surface area contributed by atoms with Crippen molar-refractivity contribution in [3.63, 3.8) is 0 Å². The number of rotatable bonds is 6. The topological polar surface area (TPSA) is 66.5 Å². The van der Waals surface area contributed by atoms with Crippen LogP contribution in [0.1, 0.15) is 58.8 Å². The molecule has 1 N–H and O–H groups in total. The van der Waals surface area contributed by atoms with Crippen LogP contribution in [0.25, 0.3) is 0 Å². The minimum absolute atomic E-state index is 0.0555. The van der Waals surface area contributed by atoms with Crippen LogP contribution in [0.5, 0.6) is 0 Å². The van der Waals surface area contributed by atoms with E-state index in [0.717, 1.165) is 38.5 Å². The molecule has 0 aromatic carbocycles. The summed E-state index contributed by atoms with van der Waals surface area (Å²) in [6.07, 6.45) is 5.72. The summed E-state index contributed by atoms with van der Waals surface area (Å²) in [6.45, 7) is 4.30. The van der Waals surface area contributed by atoms with E-state index >= 15 is 0 Å². The number of amides is 3. The Balaban J connectivity index is 1.87. The lowest BCUT2D eigenvalue weighted by Crippen LogP contribution is -2.38. The molecule has 1 heterocycles. The molecule has 21 heavy (non-hydrogen) atoms. The highest BCUT2D eigenvalue weighted by Gasteiger charge is 2.47. The fraction of sp³-hybridized carbons (Fsp3) is 0.812. The predicted molar refractivity (Wildman–Crippen MR) is 79.3 cm³/mol. The molecule has 1 saturated carbocycles. The zero-order valence-electron chi connectivity index (χ0n) is 13.1. The number of nitrogens with one attached hydrogen (secondary N) is 1. The Morgan fingerprint density at radius 1 is 1.14 bits per heavy atom. The Morgan fingerprint density at radius 3 is 2.14 bits per heavy atom. The number of hydrogen-bond acceptors (Lipinski definition) is 3. The summed E-state index contributed by atoms with van der Waals surface area (Å²) in [6, 6.07) is 0.185. The Kier molecular flexibility index (Phi) is 5.37. The van der Waals surface area contributed by atoms with Crippen molar-refractivity contribution >= 4 is 17.7 Å². The van der Waals surface area contributed by atoms with E-state index in [-0.39, 0.29) is 48.6 Å². The van der Waals surface area contributed by atoms with Gasteiger partial charge in [0.05, 0.1) is 11.8 Å². The highest BCUT2D eigenvalue weighted by molar-refractivity contribution is 6.05. The molecule has 0 aromatic heterocycles. The van der Waals surface area contributed by atoms with Crippen LogP contribution in [0.4, 0.5) is 0 Å². The van der Waals surface area contributed by atoms with Gasteiger partial charge in [-0.2, -0.15) is 0 Å². The fourth-order valence-electron chi connectivity index (χ4n) is 3.46. The van der Waals surface area contributed by atoms with E-state index in [1.165, 1.54) is 4.90 Å². The van der Waals surface area contributed by atoms with Crippen LogP contribution >= 0.6 is 0 Å². The predicted octanol–water partition coefficient (Wildman–Crippen LogP) is 1.86. The summed E-state index contributed by atoms with van der Waals surface area (Å²) < 4.78 is 0. The lowest BCUT2D eigenvalue weighted by Gasteiger charge is -2.19. The van der Waals surface area contributed by atoms with Crippen molar-refractivity contribution < 1.29 is 14.4 Å². The minimum atomic E-state index is -0.117. The molecule has 0 bridgehead atoms. The van der Waals surface area contributed by atoms with Crippen LogP contribution in [0, 0.1) is 11.8 Å². The van der Waals surface area contributed by atoms with Gasteiger partial charge in [-0.15, -0.1) is 0 Å². The van der Waals surface area contributed by atoms with Crippen molar-refractivity contribution in [2.24, 2.45) is 11.8 Å². The van der Waals surface area contributed by atoms with E-state index in [2.05, 4.69) is 5.32 Å². The molecule has 2 rings (SSSR count). The molecule has 0 spiro atoms. The third kappa shape index (κ3) is 3.44. The third-order valence-electron chi connectivity index (χ3n) is 4.85. The summed E-state index contributed by atoms with van der Waals surface area (Å²) in [7, 11) is 0. The molecule has 0 aromatic rings. The van der Waals surface area contributed by atoms with E-state index in [1.54, 1.807) is 0 Å². The number of carbonyl (C=O) groups excluding carboxylic acids is 3. The van der Waals surface area contributed by atoms with Gasteiger partial charge in [0.1, 0.15) is 0 Å². The van der Waals surface area contributed by atoms with E-state index < -0.39 is 0 Å². The van der Waals surface area contributed by atoms with Crippen LogP contribution < -0.4 is 5.32 Å². The monoisotopic (exact) mass is 294 g/mol. The lowest BCUT2D eigenvalue weighted by molar-refractivity contribution is -0.140. The molecule has 2 unspecified atom stereocenters. The summed E-state index contributed by atoms with van der Waals surface area (Å²) in [5, 5.41) is 2.94. The molecule has 1 aliphatic heterocycles. The second-order valence-electron chi connectivity index (χ2n) is 6.16. The van der Waals surface area contributed by atoms with Crippen LogP contribution in [0.2, 0.25) is 0 Å². The Morgan fingerprint density at radius 2 is 1.67 bits per heavy atom. The third-order valence-corrected chi connectivity index (χ3v) is 4.85. The van der Waals surface area contributed by atoms with E-state index in [4.69, 9.17) is 0 Å². The number of fused-ring (bicyclic) bond motifs is 1. The molecule has 3 amide bonds. The van der Waals surface area contributed by atoms with Gasteiger partial charge in [-0.1, -0.05) is 26.7 Å². The second kappa shape index (κ2) is 7.05. The maximum Gasteiger partial charge on any atom is 0.233 e. The molecular weight excluding hydrogens is 268 g/mol. The number of imide groups is 1. The van der Waals surface area contributed by atoms with E-state index in [1.807, 2.05) is 13.8 Å². The average molecular weight is 294 g/mol. The van der Waals surface area contributed by atoms with Gasteiger partial charge in [0.15, 0.2) is 0 Å². The molecule has 0 radical (unpaired) electrons. The van der Waals surface area contributed by atoms with E-state index in [0.29, 0.717) is 0 Å². The van der Waals surface area contributed by atoms with Crippen molar-refractivity contribution in [2.75, 3.05) is 6.54 Å². The fourth-order valence-corrected chi connectivity index (χ4v) is 3.46. The Hall–Kier alpha value is -1.39. The number of carbonyl (C=O) groups is 3. The molecular formula is C16H26N2O3. The van der Waals surface area contributed by atoms with Gasteiger partial charge in [0, 0.05) is 19.0 Å². The zero-order chi connectivity index (χ0) is 15.4. The Bertz CT molecular complexity index is 394. The summed E-state index contributed by atoms with van der Waals surface area (Å²) >= 11 is 0. The van der Waals surface area contributed by atoms with Gasteiger partial charge >= 0.3 is 0 Å². The molecule has 118 valence electrons. The summed E-state index contributed by atoms with van der Waals surface area (Å²) in [5.74, 6) is -0.416. The largest absolute Gasteiger partial charge is 0.353 e. The van der Waals surface area contributed by atoms with Crippen LogP contribution in [0.3, 0.4) is 0 Å². The summed E-state index contributed by atoms with van der Waals surface area (Å²) in [5.41, 5.74) is 0. The quantitative estimate of drug-likeness (QED) is 0.760. The second-order valence-corrected chi connectivity index (χ2v) is 6.16. The first-order valence-corrected chi connectivity index (χ1v) is 8.23. The molecule has 2 fully saturated rings. The van der Waals surface area contributed by atoms with E-state index in [9.17, 15) is 14.4 Å². The van der Waals surface area contributed by atoms with Crippen molar-refractivity contribution in [3.05, 3.63) is 0 Å². The van der Waals surface area contributed by atoms with Gasteiger partial charge in [-0.3, -0.25) is 19.3 Å². The SMILES string of the molecule is CCC(CC)NC(=O)CCN1C(=O)C2CCCCC2C1=O. The standard InChI is InChI=1S/C16H26N2O3/c1-3-11(4-2)17-14(19)9-10-18-15(20)12-7-5-6-8-13(12)16(18)21/h11-13H,3-10H2,1-2H3,(H,17,19). The molecule has 1 saturated heterocycles. The van der Waals surface area contributed by atoms with Crippen molar-refractivity contribution in [1.29, 1.82) is 0 Å². The van der Waals surface area contributed by atoms with Crippen molar-refractivity contribution in [2.45, 2.75) is 64.8 Å². The molecule has 2 atom stereocenters. The lowest BCUT2D eigenvalue weighted by atomic mass is 9.81. The minimum Gasteiger partial charge on any atom is -0.353 e. The van der Waals surface area contributed by atoms with Crippen LogP contribution in [0.15, 0.2) is 0 Å². The summed E-state index contributed by atoms with van der Waals surface area (Å²) in [4.78, 5) is 37.8. The number of nitrogens with zero attached hydrogens (tertiary/aromatic N) is 1. The van der Waals surface area contributed by atoms with Gasteiger partial charge in [-0.05, 0) is 25.7 Å². The van der Waals surface area contributed by atoms with Gasteiger partial charge in [0.25, 0.3) is 0 Å². The molecule has 1 aliphatic carbocycles. The maximum absolute atomic E-state index is 12.3. The maximum atomic E-state index is 12.3. The first-order valence-electron chi connectivity index (χ1n) is 8.23. The molecule has 5 heteroatoms. The van der Waals surface area contributed by atoms with Crippen LogP contribution in [-0.4, -0.2) is 35.2 Å². The first-order chi connectivity index (χ1) is 10.1. The normalized spacial score (nSPS) is 25.4. The molecule has 2 aliphatic rings. The van der Waals surface area contributed by atoms with Crippen LogP contribution in [-0.2, 0) is 14.4 Å². The highest BCUT2D eigenvalue weighted by Crippen LogP contribution is 2.37. The van der Waals surface area contributed by atoms with Gasteiger partial charge < -0.3 is 5.32 Å². The van der Waals surface area contributed by atoms with Crippen molar-refractivity contribution in [3.8, 4) is 0 Å². The van der Waals surface area contributed by atoms with Crippen molar-refractivity contribution in [1.82, 2.24) is 10.2 Å². The average Bonchev–Trinajstić information content (AvgIpc) is 2.75. The Labute approximate surface area is 126 Å². The number of likely N-dealkylation sites (tertiary alicyclic amines) is 1. The smallest absolute Gasteiger partial charge is 0.233 e.